The van der Waals surface area contributed by atoms with E-state index in [0.717, 1.165) is 23.2 Å². The van der Waals surface area contributed by atoms with Crippen molar-refractivity contribution < 1.29 is 19.2 Å². The van der Waals surface area contributed by atoms with Crippen LogP contribution in [0.3, 0.4) is 0 Å². The maximum atomic E-state index is 13.0. The topological polar surface area (TPSA) is 93.9 Å². The predicted molar refractivity (Wildman–Crippen MR) is 131 cm³/mol. The summed E-state index contributed by atoms with van der Waals surface area (Å²) in [6, 6.07) is 18.6. The number of nitrogens with zero attached hydrogens (tertiary/aromatic N) is 2. The van der Waals surface area contributed by atoms with Gasteiger partial charge in [-0.1, -0.05) is 48.5 Å². The fourth-order valence-corrected chi connectivity index (χ4v) is 3.69. The lowest BCUT2D eigenvalue weighted by molar-refractivity contribution is -0.385. The Balaban J connectivity index is 1.85. The highest BCUT2D eigenvalue weighted by atomic mass is 16.6. The number of hydrogen-bond acceptors (Lipinski definition) is 6. The molecule has 178 valence electrons. The molecular weight excluding hydrogens is 434 g/mol. The van der Waals surface area contributed by atoms with E-state index in [9.17, 15) is 14.9 Å². The van der Waals surface area contributed by atoms with Crippen LogP contribution < -0.4 is 14.8 Å². The summed E-state index contributed by atoms with van der Waals surface area (Å²) in [5.74, 6) is -0.0847. The van der Waals surface area contributed by atoms with Crippen LogP contribution in [0.1, 0.15) is 28.4 Å². The van der Waals surface area contributed by atoms with Crippen LogP contribution in [0.2, 0.25) is 0 Å². The highest BCUT2D eigenvalue weighted by molar-refractivity contribution is 5.99. The zero-order valence-electron chi connectivity index (χ0n) is 19.8. The molecule has 0 aliphatic rings. The maximum absolute atomic E-state index is 13.0. The summed E-state index contributed by atoms with van der Waals surface area (Å²) in [6.07, 6.45) is 0. The molecule has 0 unspecified atom stereocenters. The number of carbonyl (C=O) groups excluding carboxylic acids is 1. The van der Waals surface area contributed by atoms with E-state index < -0.39 is 10.8 Å². The molecule has 0 fully saturated rings. The van der Waals surface area contributed by atoms with Gasteiger partial charge in [0.1, 0.15) is 5.56 Å². The van der Waals surface area contributed by atoms with Crippen molar-refractivity contribution in [3.63, 3.8) is 0 Å². The largest absolute Gasteiger partial charge is 0.493 e. The summed E-state index contributed by atoms with van der Waals surface area (Å²) in [5, 5.41) is 14.4. The third-order valence-corrected chi connectivity index (χ3v) is 5.24. The fourth-order valence-electron chi connectivity index (χ4n) is 3.69. The number of amides is 1. The number of rotatable bonds is 10. The van der Waals surface area contributed by atoms with Crippen molar-refractivity contribution in [1.29, 1.82) is 0 Å². The average Bonchev–Trinajstić information content (AvgIpc) is 2.82. The van der Waals surface area contributed by atoms with E-state index in [0.29, 0.717) is 6.61 Å². The van der Waals surface area contributed by atoms with Crippen molar-refractivity contribution in [2.75, 3.05) is 27.8 Å². The molecule has 0 spiro atoms. The molecule has 0 atom stereocenters. The van der Waals surface area contributed by atoms with Crippen molar-refractivity contribution in [3.8, 4) is 22.6 Å². The van der Waals surface area contributed by atoms with Crippen molar-refractivity contribution in [2.24, 2.45) is 0 Å². The molecule has 0 radical (unpaired) electrons. The quantitative estimate of drug-likeness (QED) is 0.347. The predicted octanol–water partition coefficient (Wildman–Crippen LogP) is 4.66. The lowest BCUT2D eigenvalue weighted by Gasteiger charge is -2.14. The van der Waals surface area contributed by atoms with E-state index in [1.807, 2.05) is 38.4 Å². The summed E-state index contributed by atoms with van der Waals surface area (Å²) < 4.78 is 10.7. The van der Waals surface area contributed by atoms with E-state index in [2.05, 4.69) is 34.5 Å². The summed E-state index contributed by atoms with van der Waals surface area (Å²) in [4.78, 5) is 26.1. The standard InChI is InChI=1S/C26H29N3O5/c1-5-34-25-14-22(23(29(31)32)15-24(25)33-4)26(30)27-16-20-8-6-7-9-21(20)19-12-10-18(11-13-19)17-28(2)3/h6-15H,5,16-17H2,1-4H3,(H,27,30). The van der Waals surface area contributed by atoms with Crippen LogP contribution in [0, 0.1) is 10.1 Å². The fraction of sp³-hybridized carbons (Fsp3) is 0.269. The van der Waals surface area contributed by atoms with E-state index >= 15 is 0 Å². The zero-order chi connectivity index (χ0) is 24.7. The molecule has 0 bridgehead atoms. The molecular formula is C26H29N3O5. The smallest absolute Gasteiger partial charge is 0.286 e. The van der Waals surface area contributed by atoms with Gasteiger partial charge in [0, 0.05) is 19.2 Å². The van der Waals surface area contributed by atoms with Gasteiger partial charge < -0.3 is 19.7 Å². The minimum atomic E-state index is -0.601. The van der Waals surface area contributed by atoms with Gasteiger partial charge in [0.15, 0.2) is 11.5 Å². The van der Waals surface area contributed by atoms with Gasteiger partial charge in [-0.25, -0.2) is 0 Å². The summed E-state index contributed by atoms with van der Waals surface area (Å²) in [6.45, 7) is 3.17. The maximum Gasteiger partial charge on any atom is 0.286 e. The molecule has 0 aliphatic carbocycles. The van der Waals surface area contributed by atoms with Gasteiger partial charge in [-0.15, -0.1) is 0 Å². The molecule has 0 saturated carbocycles. The molecule has 3 aromatic carbocycles. The molecule has 3 rings (SSSR count). The molecule has 34 heavy (non-hydrogen) atoms. The van der Waals surface area contributed by atoms with Gasteiger partial charge >= 0.3 is 0 Å². The number of benzene rings is 3. The summed E-state index contributed by atoms with van der Waals surface area (Å²) >= 11 is 0. The normalized spacial score (nSPS) is 10.7. The van der Waals surface area contributed by atoms with Gasteiger partial charge in [0.25, 0.3) is 11.6 Å². The monoisotopic (exact) mass is 463 g/mol. The minimum absolute atomic E-state index is 0.0835. The summed E-state index contributed by atoms with van der Waals surface area (Å²) in [7, 11) is 5.44. The number of methoxy groups -OCH3 is 1. The van der Waals surface area contributed by atoms with Gasteiger partial charge in [-0.2, -0.15) is 0 Å². The van der Waals surface area contributed by atoms with Crippen molar-refractivity contribution >= 4 is 11.6 Å². The number of hydrogen-bond donors (Lipinski definition) is 1. The van der Waals surface area contributed by atoms with Crippen LogP contribution in [0.5, 0.6) is 11.5 Å². The molecule has 0 aliphatic heterocycles. The second-order valence-corrected chi connectivity index (χ2v) is 7.98. The Morgan fingerprint density at radius 3 is 2.38 bits per heavy atom. The van der Waals surface area contributed by atoms with Crippen LogP contribution >= 0.6 is 0 Å². The second-order valence-electron chi connectivity index (χ2n) is 7.98. The van der Waals surface area contributed by atoms with Crippen LogP contribution in [0.4, 0.5) is 5.69 Å². The Morgan fingerprint density at radius 1 is 1.06 bits per heavy atom. The average molecular weight is 464 g/mol. The molecule has 1 N–H and O–H groups in total. The number of nitro groups is 1. The first-order valence-corrected chi connectivity index (χ1v) is 10.9. The van der Waals surface area contributed by atoms with Crippen LogP contribution in [-0.2, 0) is 13.1 Å². The van der Waals surface area contributed by atoms with Gasteiger partial charge in [0.05, 0.1) is 24.7 Å². The van der Waals surface area contributed by atoms with E-state index in [1.165, 1.54) is 24.8 Å². The molecule has 0 aromatic heterocycles. The minimum Gasteiger partial charge on any atom is -0.493 e. The number of ether oxygens (including phenoxy) is 2. The zero-order valence-corrected chi connectivity index (χ0v) is 19.8. The lowest BCUT2D eigenvalue weighted by atomic mass is 9.98. The Morgan fingerprint density at radius 2 is 1.76 bits per heavy atom. The highest BCUT2D eigenvalue weighted by Gasteiger charge is 2.24. The number of nitrogens with one attached hydrogen (secondary N) is 1. The molecule has 0 heterocycles. The number of nitro benzene ring substituents is 1. The van der Waals surface area contributed by atoms with E-state index in [4.69, 9.17) is 9.47 Å². The first kappa shape index (κ1) is 24.7. The Kier molecular flexibility index (Phi) is 8.21. The van der Waals surface area contributed by atoms with Crippen molar-refractivity contribution in [3.05, 3.63) is 87.5 Å². The van der Waals surface area contributed by atoms with Crippen LogP contribution in [0.15, 0.2) is 60.7 Å². The third kappa shape index (κ3) is 5.90. The van der Waals surface area contributed by atoms with Crippen molar-refractivity contribution in [2.45, 2.75) is 20.0 Å². The second kappa shape index (κ2) is 11.3. The van der Waals surface area contributed by atoms with E-state index in [-0.39, 0.29) is 29.3 Å². The first-order valence-electron chi connectivity index (χ1n) is 10.9. The Hall–Kier alpha value is -3.91. The highest BCUT2D eigenvalue weighted by Crippen LogP contribution is 2.35. The van der Waals surface area contributed by atoms with Gasteiger partial charge in [0.2, 0.25) is 0 Å². The van der Waals surface area contributed by atoms with Gasteiger partial charge in [-0.3, -0.25) is 14.9 Å². The molecule has 1 amide bonds. The van der Waals surface area contributed by atoms with E-state index in [1.54, 1.807) is 6.92 Å². The number of carbonyl (C=O) groups is 1. The van der Waals surface area contributed by atoms with Crippen LogP contribution in [-0.4, -0.2) is 43.5 Å². The van der Waals surface area contributed by atoms with Crippen LogP contribution in [0.25, 0.3) is 11.1 Å². The molecule has 3 aromatic rings. The third-order valence-electron chi connectivity index (χ3n) is 5.24. The molecule has 8 nitrogen and oxygen atoms in total. The van der Waals surface area contributed by atoms with Crippen molar-refractivity contribution in [1.82, 2.24) is 10.2 Å². The summed E-state index contributed by atoms with van der Waals surface area (Å²) in [5.41, 5.74) is 3.69. The molecule has 0 saturated heterocycles. The molecule has 8 heteroatoms. The Labute approximate surface area is 199 Å². The Bertz CT molecular complexity index is 1160. The SMILES string of the molecule is CCOc1cc(C(=O)NCc2ccccc2-c2ccc(CN(C)C)cc2)c([N+](=O)[O-])cc1OC. The first-order chi connectivity index (χ1) is 16.3. The van der Waals surface area contributed by atoms with Gasteiger partial charge in [-0.05, 0) is 43.3 Å². The lowest BCUT2D eigenvalue weighted by Crippen LogP contribution is -2.24.